The van der Waals surface area contributed by atoms with E-state index < -0.39 is 5.92 Å². The topological polar surface area (TPSA) is 57.8 Å². The Hall–Kier alpha value is -1.98. The second-order valence-electron chi connectivity index (χ2n) is 5.24. The van der Waals surface area contributed by atoms with E-state index >= 15 is 0 Å². The van der Waals surface area contributed by atoms with Crippen molar-refractivity contribution in [3.63, 3.8) is 0 Å². The molecule has 6 heteroatoms. The van der Waals surface area contributed by atoms with Crippen LogP contribution in [-0.4, -0.2) is 22.0 Å². The SMILES string of the molecule is O=C(Nc1n[nH]c2ccccc12)C1CCC(F)(F)CC1. The molecule has 0 saturated heterocycles. The summed E-state index contributed by atoms with van der Waals surface area (Å²) in [6, 6.07) is 7.44. The van der Waals surface area contributed by atoms with Crippen LogP contribution < -0.4 is 5.32 Å². The van der Waals surface area contributed by atoms with Gasteiger partial charge < -0.3 is 5.32 Å². The van der Waals surface area contributed by atoms with Crippen LogP contribution in [0.5, 0.6) is 0 Å². The summed E-state index contributed by atoms with van der Waals surface area (Å²) in [5.41, 5.74) is 0.831. The minimum atomic E-state index is -2.62. The lowest BCUT2D eigenvalue weighted by Gasteiger charge is -2.27. The largest absolute Gasteiger partial charge is 0.308 e. The third-order valence-corrected chi connectivity index (χ3v) is 3.80. The zero-order valence-electron chi connectivity index (χ0n) is 10.8. The third-order valence-electron chi connectivity index (χ3n) is 3.80. The van der Waals surface area contributed by atoms with Crippen molar-refractivity contribution in [2.24, 2.45) is 5.92 Å². The molecule has 2 aromatic rings. The number of fused-ring (bicyclic) bond motifs is 1. The number of carbonyl (C=O) groups is 1. The monoisotopic (exact) mass is 279 g/mol. The van der Waals surface area contributed by atoms with Crippen LogP contribution in [0, 0.1) is 5.92 Å². The minimum Gasteiger partial charge on any atom is -0.308 e. The van der Waals surface area contributed by atoms with Crippen molar-refractivity contribution in [3.8, 4) is 0 Å². The Morgan fingerprint density at radius 2 is 2.00 bits per heavy atom. The molecule has 1 aromatic carbocycles. The van der Waals surface area contributed by atoms with Crippen LogP contribution in [0.1, 0.15) is 25.7 Å². The van der Waals surface area contributed by atoms with E-state index in [0.29, 0.717) is 5.82 Å². The fraction of sp³-hybridized carbons (Fsp3) is 0.429. The lowest BCUT2D eigenvalue weighted by atomic mass is 9.86. The number of nitrogens with one attached hydrogen (secondary N) is 2. The number of aromatic nitrogens is 2. The van der Waals surface area contributed by atoms with Crippen molar-refractivity contribution in [2.45, 2.75) is 31.6 Å². The van der Waals surface area contributed by atoms with Gasteiger partial charge in [-0.05, 0) is 25.0 Å². The summed E-state index contributed by atoms with van der Waals surface area (Å²) in [6.07, 6.45) is 0.0151. The molecule has 0 atom stereocenters. The fourth-order valence-electron chi connectivity index (χ4n) is 2.58. The second-order valence-corrected chi connectivity index (χ2v) is 5.24. The number of carbonyl (C=O) groups excluding carboxylic acids is 1. The Kier molecular flexibility index (Phi) is 3.16. The number of aromatic amines is 1. The molecule has 106 valence electrons. The molecule has 0 radical (unpaired) electrons. The van der Waals surface area contributed by atoms with Gasteiger partial charge in [0.25, 0.3) is 0 Å². The number of amides is 1. The molecule has 1 aliphatic carbocycles. The number of benzene rings is 1. The van der Waals surface area contributed by atoms with Crippen molar-refractivity contribution in [2.75, 3.05) is 5.32 Å². The molecule has 0 spiro atoms. The van der Waals surface area contributed by atoms with Crippen LogP contribution in [0.4, 0.5) is 14.6 Å². The number of hydrogen-bond acceptors (Lipinski definition) is 2. The van der Waals surface area contributed by atoms with E-state index in [4.69, 9.17) is 0 Å². The highest BCUT2D eigenvalue weighted by atomic mass is 19.3. The van der Waals surface area contributed by atoms with Gasteiger partial charge in [-0.25, -0.2) is 8.78 Å². The molecule has 20 heavy (non-hydrogen) atoms. The van der Waals surface area contributed by atoms with E-state index in [-0.39, 0.29) is 37.5 Å². The Balaban J connectivity index is 1.70. The summed E-state index contributed by atoms with van der Waals surface area (Å²) < 4.78 is 26.2. The molecule has 1 saturated carbocycles. The normalized spacial score (nSPS) is 19.1. The first kappa shape index (κ1) is 13.0. The number of para-hydroxylation sites is 1. The average molecular weight is 279 g/mol. The van der Waals surface area contributed by atoms with E-state index in [2.05, 4.69) is 15.5 Å². The summed E-state index contributed by atoms with van der Waals surface area (Å²) >= 11 is 0. The summed E-state index contributed by atoms with van der Waals surface area (Å²) in [5.74, 6) is -2.73. The second kappa shape index (κ2) is 4.85. The zero-order chi connectivity index (χ0) is 14.2. The highest BCUT2D eigenvalue weighted by Crippen LogP contribution is 2.36. The minimum absolute atomic E-state index is 0.216. The first-order chi connectivity index (χ1) is 9.55. The number of alkyl halides is 2. The smallest absolute Gasteiger partial charge is 0.248 e. The number of hydrogen-bond donors (Lipinski definition) is 2. The molecule has 0 unspecified atom stereocenters. The highest BCUT2D eigenvalue weighted by molar-refractivity contribution is 6.00. The molecule has 3 rings (SSSR count). The van der Waals surface area contributed by atoms with Gasteiger partial charge in [0, 0.05) is 24.1 Å². The van der Waals surface area contributed by atoms with Gasteiger partial charge in [0.15, 0.2) is 5.82 Å². The van der Waals surface area contributed by atoms with E-state index in [1.807, 2.05) is 24.3 Å². The van der Waals surface area contributed by atoms with Crippen LogP contribution in [0.15, 0.2) is 24.3 Å². The van der Waals surface area contributed by atoms with Gasteiger partial charge in [-0.2, -0.15) is 5.10 Å². The zero-order valence-corrected chi connectivity index (χ0v) is 10.8. The molecular formula is C14H15F2N3O. The van der Waals surface area contributed by atoms with Crippen molar-refractivity contribution >= 4 is 22.6 Å². The Morgan fingerprint density at radius 3 is 2.75 bits per heavy atom. The van der Waals surface area contributed by atoms with Crippen molar-refractivity contribution in [1.29, 1.82) is 0 Å². The van der Waals surface area contributed by atoms with Crippen molar-refractivity contribution < 1.29 is 13.6 Å². The number of H-pyrrole nitrogens is 1. The van der Waals surface area contributed by atoms with E-state index in [9.17, 15) is 13.6 Å². The maximum Gasteiger partial charge on any atom is 0.248 e. The summed E-state index contributed by atoms with van der Waals surface area (Å²) in [4.78, 5) is 12.1. The van der Waals surface area contributed by atoms with Crippen LogP contribution in [0.25, 0.3) is 10.9 Å². The lowest BCUT2D eigenvalue weighted by molar-refractivity contribution is -0.124. The van der Waals surface area contributed by atoms with Crippen LogP contribution in [0.2, 0.25) is 0 Å². The van der Waals surface area contributed by atoms with Gasteiger partial charge in [-0.15, -0.1) is 0 Å². The van der Waals surface area contributed by atoms with Gasteiger partial charge in [-0.3, -0.25) is 9.89 Å². The fourth-order valence-corrected chi connectivity index (χ4v) is 2.58. The number of nitrogens with zero attached hydrogens (tertiary/aromatic N) is 1. The van der Waals surface area contributed by atoms with Gasteiger partial charge >= 0.3 is 0 Å². The number of halogens is 2. The van der Waals surface area contributed by atoms with Gasteiger partial charge in [0.2, 0.25) is 11.8 Å². The Labute approximate surface area is 114 Å². The molecule has 0 aliphatic heterocycles. The molecule has 1 fully saturated rings. The van der Waals surface area contributed by atoms with E-state index in [1.54, 1.807) is 0 Å². The van der Waals surface area contributed by atoms with Crippen LogP contribution >= 0.6 is 0 Å². The molecule has 0 bridgehead atoms. The quantitative estimate of drug-likeness (QED) is 0.886. The maximum atomic E-state index is 13.1. The molecule has 1 aromatic heterocycles. The van der Waals surface area contributed by atoms with Crippen molar-refractivity contribution in [3.05, 3.63) is 24.3 Å². The van der Waals surface area contributed by atoms with Gasteiger partial charge in [0.05, 0.1) is 5.52 Å². The first-order valence-electron chi connectivity index (χ1n) is 6.67. The van der Waals surface area contributed by atoms with Crippen LogP contribution in [-0.2, 0) is 4.79 Å². The predicted octanol–water partition coefficient (Wildman–Crippen LogP) is 3.33. The molecule has 1 amide bonds. The number of rotatable bonds is 2. The molecule has 4 nitrogen and oxygen atoms in total. The average Bonchev–Trinajstić information content (AvgIpc) is 2.82. The summed E-state index contributed by atoms with van der Waals surface area (Å²) in [5, 5.41) is 10.4. The molecular weight excluding hydrogens is 264 g/mol. The maximum absolute atomic E-state index is 13.1. The number of anilines is 1. The summed E-state index contributed by atoms with van der Waals surface area (Å²) in [7, 11) is 0. The van der Waals surface area contributed by atoms with E-state index in [0.717, 1.165) is 10.9 Å². The highest BCUT2D eigenvalue weighted by Gasteiger charge is 2.37. The Bertz CT molecular complexity index is 628. The summed E-state index contributed by atoms with van der Waals surface area (Å²) in [6.45, 7) is 0. The van der Waals surface area contributed by atoms with Gasteiger partial charge in [0.1, 0.15) is 0 Å². The van der Waals surface area contributed by atoms with Crippen LogP contribution in [0.3, 0.4) is 0 Å². The first-order valence-corrected chi connectivity index (χ1v) is 6.67. The standard InChI is InChI=1S/C14H15F2N3O/c15-14(16)7-5-9(6-8-14)13(20)17-12-10-3-1-2-4-11(10)18-19-12/h1-4,9H,5-8H2,(H2,17,18,19,20). The van der Waals surface area contributed by atoms with E-state index in [1.165, 1.54) is 0 Å². The molecule has 2 N–H and O–H groups in total. The molecule has 1 heterocycles. The lowest BCUT2D eigenvalue weighted by Crippen LogP contribution is -2.31. The third kappa shape index (κ3) is 2.50. The molecule has 1 aliphatic rings. The van der Waals surface area contributed by atoms with Crippen molar-refractivity contribution in [1.82, 2.24) is 10.2 Å². The van der Waals surface area contributed by atoms with Gasteiger partial charge in [-0.1, -0.05) is 12.1 Å². The predicted molar refractivity (Wildman–Crippen MR) is 71.6 cm³/mol. The Morgan fingerprint density at radius 1 is 1.30 bits per heavy atom.